The van der Waals surface area contributed by atoms with Crippen LogP contribution in [0.3, 0.4) is 0 Å². The molecule has 1 aromatic rings. The minimum Gasteiger partial charge on any atom is -0.384 e. The molecule has 1 aromatic carbocycles. The van der Waals surface area contributed by atoms with Gasteiger partial charge in [-0.1, -0.05) is 28.4 Å². The number of halogens is 1. The first kappa shape index (κ1) is 17.1. The van der Waals surface area contributed by atoms with Gasteiger partial charge < -0.3 is 10.6 Å². The van der Waals surface area contributed by atoms with Gasteiger partial charge in [-0.15, -0.1) is 10.2 Å². The summed E-state index contributed by atoms with van der Waals surface area (Å²) in [6, 6.07) is 7.34. The van der Waals surface area contributed by atoms with Crippen LogP contribution < -0.4 is 5.73 Å². The van der Waals surface area contributed by atoms with Gasteiger partial charge in [-0.05, 0) is 55.5 Å². The molecule has 0 aromatic heterocycles. The molecule has 0 spiro atoms. The lowest BCUT2D eigenvalue weighted by Gasteiger charge is -2.39. The van der Waals surface area contributed by atoms with Crippen LogP contribution in [0.15, 0.2) is 44.2 Å². The Kier molecular flexibility index (Phi) is 5.60. The van der Waals surface area contributed by atoms with Crippen molar-refractivity contribution in [3.8, 4) is 0 Å². The van der Waals surface area contributed by atoms with Crippen molar-refractivity contribution >= 4 is 33.4 Å². The van der Waals surface area contributed by atoms with Gasteiger partial charge in [0.15, 0.2) is 0 Å². The Bertz CT molecular complexity index is 656. The lowest BCUT2D eigenvalue weighted by atomic mass is 9.83. The van der Waals surface area contributed by atoms with Crippen LogP contribution in [0, 0.1) is 5.92 Å². The highest BCUT2D eigenvalue weighted by Crippen LogP contribution is 2.31. The summed E-state index contributed by atoms with van der Waals surface area (Å²) < 4.78 is 0.931. The van der Waals surface area contributed by atoms with E-state index in [1.54, 1.807) is 0 Å². The molecule has 0 bridgehead atoms. The Morgan fingerprint density at radius 1 is 1.21 bits per heavy atom. The molecule has 7 heteroatoms. The first-order valence-electron chi connectivity index (χ1n) is 8.45. The number of carbonyl (C=O) groups excluding carboxylic acids is 1. The fraction of sp³-hybridized carbons (Fsp3) is 0.529. The summed E-state index contributed by atoms with van der Waals surface area (Å²) in [5, 5.41) is 12.0. The second-order valence-corrected chi connectivity index (χ2v) is 7.28. The van der Waals surface area contributed by atoms with E-state index in [2.05, 4.69) is 31.4 Å². The Labute approximate surface area is 150 Å². The van der Waals surface area contributed by atoms with E-state index in [9.17, 15) is 4.79 Å². The van der Waals surface area contributed by atoms with Gasteiger partial charge in [0, 0.05) is 16.9 Å². The molecule has 0 radical (unpaired) electrons. The fourth-order valence-corrected chi connectivity index (χ4v) is 3.51. The molecule has 2 N–H and O–H groups in total. The third-order valence-corrected chi connectivity index (χ3v) is 5.20. The average Bonchev–Trinajstić information content (AvgIpc) is 2.53. The van der Waals surface area contributed by atoms with Crippen molar-refractivity contribution in [3.05, 3.63) is 28.7 Å². The molecule has 1 saturated carbocycles. The summed E-state index contributed by atoms with van der Waals surface area (Å²) in [6.45, 7) is 0.763. The van der Waals surface area contributed by atoms with E-state index in [4.69, 9.17) is 5.73 Å². The number of amides is 1. The summed E-state index contributed by atoms with van der Waals surface area (Å²) in [5.74, 6) is 0.788. The highest BCUT2D eigenvalue weighted by molar-refractivity contribution is 9.10. The SMILES string of the molecule is NC(=NN=Nc1cccc(Br)c1)C1CCCCN1C(=O)C1CCC1. The first-order valence-corrected chi connectivity index (χ1v) is 9.24. The smallest absolute Gasteiger partial charge is 0.226 e. The molecule has 24 heavy (non-hydrogen) atoms. The Morgan fingerprint density at radius 2 is 2.04 bits per heavy atom. The maximum atomic E-state index is 12.6. The number of rotatable bonds is 4. The van der Waals surface area contributed by atoms with E-state index in [1.165, 1.54) is 0 Å². The van der Waals surface area contributed by atoms with Crippen LogP contribution in [0.2, 0.25) is 0 Å². The number of hydrogen-bond donors (Lipinski definition) is 1. The van der Waals surface area contributed by atoms with E-state index in [0.717, 1.165) is 49.5 Å². The quantitative estimate of drug-likeness (QED) is 0.364. The van der Waals surface area contributed by atoms with Crippen molar-refractivity contribution < 1.29 is 4.79 Å². The topological polar surface area (TPSA) is 83.4 Å². The van der Waals surface area contributed by atoms with Crippen LogP contribution in [0.5, 0.6) is 0 Å². The van der Waals surface area contributed by atoms with E-state index >= 15 is 0 Å². The van der Waals surface area contributed by atoms with Crippen LogP contribution in [0.25, 0.3) is 0 Å². The predicted molar refractivity (Wildman–Crippen MR) is 97.0 cm³/mol. The maximum Gasteiger partial charge on any atom is 0.226 e. The van der Waals surface area contributed by atoms with E-state index < -0.39 is 0 Å². The van der Waals surface area contributed by atoms with Gasteiger partial charge >= 0.3 is 0 Å². The number of carbonyl (C=O) groups is 1. The lowest BCUT2D eigenvalue weighted by molar-refractivity contribution is -0.140. The zero-order valence-corrected chi connectivity index (χ0v) is 15.2. The summed E-state index contributed by atoms with van der Waals surface area (Å²) in [6.07, 6.45) is 6.09. The molecule has 3 rings (SSSR count). The van der Waals surface area contributed by atoms with Gasteiger partial charge in [0.25, 0.3) is 0 Å². The lowest BCUT2D eigenvalue weighted by Crippen LogP contribution is -2.53. The molecular weight excluding hydrogens is 370 g/mol. The van der Waals surface area contributed by atoms with Gasteiger partial charge in [-0.3, -0.25) is 4.79 Å². The Morgan fingerprint density at radius 3 is 2.75 bits per heavy atom. The molecule has 6 nitrogen and oxygen atoms in total. The van der Waals surface area contributed by atoms with Crippen molar-refractivity contribution in [1.82, 2.24) is 4.90 Å². The molecule has 128 valence electrons. The molecule has 1 amide bonds. The van der Waals surface area contributed by atoms with Gasteiger partial charge in [-0.2, -0.15) is 0 Å². The highest BCUT2D eigenvalue weighted by Gasteiger charge is 2.35. The largest absolute Gasteiger partial charge is 0.384 e. The molecule has 2 fully saturated rings. The first-order chi connectivity index (χ1) is 11.6. The number of benzene rings is 1. The monoisotopic (exact) mass is 391 g/mol. The van der Waals surface area contributed by atoms with Crippen LogP contribution in [-0.4, -0.2) is 29.2 Å². The molecular formula is C17H22BrN5O. The number of nitrogens with zero attached hydrogens (tertiary/aromatic N) is 4. The number of amidine groups is 1. The number of likely N-dealkylation sites (tertiary alicyclic amines) is 1. The predicted octanol–water partition coefficient (Wildman–Crippen LogP) is 3.99. The molecule has 1 aliphatic carbocycles. The molecule has 1 saturated heterocycles. The van der Waals surface area contributed by atoms with Crippen molar-refractivity contribution in [1.29, 1.82) is 0 Å². The molecule has 1 atom stereocenters. The second kappa shape index (κ2) is 7.88. The van der Waals surface area contributed by atoms with Gasteiger partial charge in [0.05, 0.1) is 11.7 Å². The minimum absolute atomic E-state index is 0.145. The van der Waals surface area contributed by atoms with Crippen LogP contribution in [0.1, 0.15) is 38.5 Å². The number of piperidine rings is 1. The normalized spacial score (nSPS) is 22.6. The van der Waals surface area contributed by atoms with E-state index in [-0.39, 0.29) is 17.9 Å². The molecule has 2 aliphatic rings. The van der Waals surface area contributed by atoms with E-state index in [0.29, 0.717) is 11.5 Å². The summed E-state index contributed by atoms with van der Waals surface area (Å²) in [7, 11) is 0. The van der Waals surface area contributed by atoms with Crippen molar-refractivity contribution in [3.63, 3.8) is 0 Å². The van der Waals surface area contributed by atoms with Crippen LogP contribution in [0.4, 0.5) is 5.69 Å². The fourth-order valence-electron chi connectivity index (χ4n) is 3.12. The molecule has 1 heterocycles. The second-order valence-electron chi connectivity index (χ2n) is 6.37. The van der Waals surface area contributed by atoms with Gasteiger partial charge in [0.1, 0.15) is 5.84 Å². The number of hydrogen-bond acceptors (Lipinski definition) is 3. The number of nitrogens with two attached hydrogens (primary N) is 1. The molecule has 1 unspecified atom stereocenters. The summed E-state index contributed by atoms with van der Waals surface area (Å²) in [4.78, 5) is 14.5. The molecule has 1 aliphatic heterocycles. The average molecular weight is 392 g/mol. The Balaban J connectivity index is 1.68. The third kappa shape index (κ3) is 4.01. The van der Waals surface area contributed by atoms with Crippen molar-refractivity contribution in [2.75, 3.05) is 6.54 Å². The zero-order valence-electron chi connectivity index (χ0n) is 13.6. The third-order valence-electron chi connectivity index (χ3n) is 4.71. The Hall–Kier alpha value is -1.76. The van der Waals surface area contributed by atoms with Crippen molar-refractivity contribution in [2.45, 2.75) is 44.6 Å². The van der Waals surface area contributed by atoms with E-state index in [1.807, 2.05) is 29.2 Å². The zero-order chi connectivity index (χ0) is 16.9. The van der Waals surface area contributed by atoms with Gasteiger partial charge in [-0.25, -0.2) is 0 Å². The van der Waals surface area contributed by atoms with Crippen LogP contribution in [-0.2, 0) is 4.79 Å². The van der Waals surface area contributed by atoms with Crippen molar-refractivity contribution in [2.24, 2.45) is 27.1 Å². The van der Waals surface area contributed by atoms with Gasteiger partial charge in [0.2, 0.25) is 5.91 Å². The standard InChI is InChI=1S/C17H22BrN5O/c18-13-7-4-8-14(11-13)20-22-21-16(19)15-9-1-2-10-23(15)17(24)12-5-3-6-12/h4,7-8,11-12,15H,1-3,5-6,9-10H2,(H2,19,20,21). The summed E-state index contributed by atoms with van der Waals surface area (Å²) in [5.41, 5.74) is 6.82. The summed E-state index contributed by atoms with van der Waals surface area (Å²) >= 11 is 3.39. The van der Waals surface area contributed by atoms with Crippen LogP contribution >= 0.6 is 15.9 Å². The minimum atomic E-state index is -0.145. The maximum absolute atomic E-state index is 12.6. The highest BCUT2D eigenvalue weighted by atomic mass is 79.9.